The highest BCUT2D eigenvalue weighted by atomic mass is 16.6. The molecule has 0 aromatic heterocycles. The molecule has 0 radical (unpaired) electrons. The Morgan fingerprint density at radius 1 is 0.853 bits per heavy atom. The van der Waals surface area contributed by atoms with Crippen LogP contribution in [0.15, 0.2) is 78.9 Å². The summed E-state index contributed by atoms with van der Waals surface area (Å²) in [5, 5.41) is 25.6. The number of carbonyl (C=O) groups is 3. The molecule has 0 saturated heterocycles. The number of phenols is 1. The number of nitro benzene ring substituents is 1. The topological polar surface area (TPSA) is 130 Å². The molecule has 0 fully saturated rings. The zero-order chi connectivity index (χ0) is 24.0. The molecule has 166 valence electrons. The van der Waals surface area contributed by atoms with Crippen LogP contribution in [0.25, 0.3) is 10.8 Å². The van der Waals surface area contributed by atoms with E-state index >= 15 is 0 Å². The van der Waals surface area contributed by atoms with Gasteiger partial charge in [-0.1, -0.05) is 30.3 Å². The lowest BCUT2D eigenvalue weighted by Crippen LogP contribution is -2.29. The Morgan fingerprint density at radius 3 is 2.29 bits per heavy atom. The molecule has 9 nitrogen and oxygen atoms in total. The summed E-state index contributed by atoms with van der Waals surface area (Å²) in [6.07, 6.45) is 0. The zero-order valence-corrected chi connectivity index (χ0v) is 17.4. The second-order valence-electron chi connectivity index (χ2n) is 7.65. The average molecular weight is 453 g/mol. The standard InChI is InChI=1S/C25H15N3O6/c29-22-11-15-5-2-1-4-14(15)10-21(22)23(30)26-16-8-9-19-20(12-16)25(32)27(24(19)31)17-6-3-7-18(13-17)28(33)34/h1-13,29H,(H,26,30). The van der Waals surface area contributed by atoms with E-state index in [1.165, 1.54) is 42.5 Å². The van der Waals surface area contributed by atoms with Crippen LogP contribution in [0.3, 0.4) is 0 Å². The highest BCUT2D eigenvalue weighted by Gasteiger charge is 2.37. The largest absolute Gasteiger partial charge is 0.507 e. The minimum Gasteiger partial charge on any atom is -0.507 e. The molecule has 4 aromatic carbocycles. The molecular weight excluding hydrogens is 438 g/mol. The first-order valence-corrected chi connectivity index (χ1v) is 10.1. The number of carbonyl (C=O) groups excluding carboxylic acids is 3. The second-order valence-corrected chi connectivity index (χ2v) is 7.65. The number of amides is 3. The van der Waals surface area contributed by atoms with Gasteiger partial charge in [-0.05, 0) is 47.2 Å². The second kappa shape index (κ2) is 7.82. The van der Waals surface area contributed by atoms with Crippen LogP contribution in [0.2, 0.25) is 0 Å². The maximum absolute atomic E-state index is 13.0. The number of aromatic hydroxyl groups is 1. The molecule has 0 saturated carbocycles. The zero-order valence-electron chi connectivity index (χ0n) is 17.4. The van der Waals surface area contributed by atoms with Gasteiger partial charge in [-0.15, -0.1) is 0 Å². The van der Waals surface area contributed by atoms with Gasteiger partial charge in [-0.25, -0.2) is 4.90 Å². The quantitative estimate of drug-likeness (QED) is 0.266. The summed E-state index contributed by atoms with van der Waals surface area (Å²) in [7, 11) is 0. The van der Waals surface area contributed by atoms with Crippen molar-refractivity contribution in [2.24, 2.45) is 0 Å². The van der Waals surface area contributed by atoms with Crippen molar-refractivity contribution < 1.29 is 24.4 Å². The molecule has 3 amide bonds. The Labute approximate surface area is 192 Å². The lowest BCUT2D eigenvalue weighted by molar-refractivity contribution is -0.384. The van der Waals surface area contributed by atoms with Gasteiger partial charge >= 0.3 is 0 Å². The summed E-state index contributed by atoms with van der Waals surface area (Å²) in [5.74, 6) is -2.06. The highest BCUT2D eigenvalue weighted by molar-refractivity contribution is 6.34. The summed E-state index contributed by atoms with van der Waals surface area (Å²) in [6.45, 7) is 0. The molecule has 9 heteroatoms. The summed E-state index contributed by atoms with van der Waals surface area (Å²) in [5.41, 5.74) is 0.294. The van der Waals surface area contributed by atoms with Gasteiger partial charge in [0.2, 0.25) is 0 Å². The van der Waals surface area contributed by atoms with Gasteiger partial charge in [0, 0.05) is 17.8 Å². The third kappa shape index (κ3) is 3.41. The van der Waals surface area contributed by atoms with Gasteiger partial charge in [0.25, 0.3) is 23.4 Å². The molecule has 0 bridgehead atoms. The minimum atomic E-state index is -0.662. The monoisotopic (exact) mass is 453 g/mol. The number of imide groups is 1. The van der Waals surface area contributed by atoms with Crippen LogP contribution in [-0.2, 0) is 0 Å². The first-order valence-electron chi connectivity index (χ1n) is 10.1. The fourth-order valence-corrected chi connectivity index (χ4v) is 3.91. The smallest absolute Gasteiger partial charge is 0.271 e. The molecule has 2 N–H and O–H groups in total. The number of non-ortho nitro benzene ring substituents is 1. The number of phenolic OH excluding ortho intramolecular Hbond substituents is 1. The molecule has 0 spiro atoms. The van der Waals surface area contributed by atoms with Crippen LogP contribution < -0.4 is 10.2 Å². The van der Waals surface area contributed by atoms with Crippen molar-refractivity contribution in [3.05, 3.63) is 106 Å². The van der Waals surface area contributed by atoms with Crippen molar-refractivity contribution in [1.82, 2.24) is 0 Å². The minimum absolute atomic E-state index is 0.0528. The van der Waals surface area contributed by atoms with E-state index in [1.807, 2.05) is 24.3 Å². The first-order chi connectivity index (χ1) is 16.3. The van der Waals surface area contributed by atoms with E-state index < -0.39 is 22.6 Å². The number of rotatable bonds is 4. The Bertz CT molecular complexity index is 1550. The molecule has 1 heterocycles. The van der Waals surface area contributed by atoms with Gasteiger partial charge in [0.05, 0.1) is 27.3 Å². The molecule has 0 unspecified atom stereocenters. The van der Waals surface area contributed by atoms with E-state index in [-0.39, 0.29) is 39.5 Å². The number of anilines is 2. The first kappa shape index (κ1) is 20.8. The number of fused-ring (bicyclic) bond motifs is 2. The summed E-state index contributed by atoms with van der Waals surface area (Å²) < 4.78 is 0. The lowest BCUT2D eigenvalue weighted by Gasteiger charge is -2.13. The molecule has 1 aliphatic heterocycles. The van der Waals surface area contributed by atoms with E-state index in [9.17, 15) is 29.6 Å². The highest BCUT2D eigenvalue weighted by Crippen LogP contribution is 2.32. The molecule has 5 rings (SSSR count). The maximum Gasteiger partial charge on any atom is 0.271 e. The third-order valence-corrected chi connectivity index (χ3v) is 5.55. The molecular formula is C25H15N3O6. The molecule has 0 atom stereocenters. The van der Waals surface area contributed by atoms with E-state index in [0.717, 1.165) is 21.7 Å². The van der Waals surface area contributed by atoms with Crippen LogP contribution >= 0.6 is 0 Å². The Kier molecular flexibility index (Phi) is 4.79. The predicted molar refractivity (Wildman–Crippen MR) is 124 cm³/mol. The number of hydrogen-bond donors (Lipinski definition) is 2. The van der Waals surface area contributed by atoms with Gasteiger partial charge in [0.15, 0.2) is 0 Å². The summed E-state index contributed by atoms with van der Waals surface area (Å²) in [4.78, 5) is 49.9. The summed E-state index contributed by atoms with van der Waals surface area (Å²) >= 11 is 0. The van der Waals surface area contributed by atoms with E-state index in [0.29, 0.717) is 0 Å². The fourth-order valence-electron chi connectivity index (χ4n) is 3.91. The van der Waals surface area contributed by atoms with Crippen molar-refractivity contribution in [3.8, 4) is 5.75 Å². The number of nitro groups is 1. The maximum atomic E-state index is 13.0. The van der Waals surface area contributed by atoms with E-state index in [4.69, 9.17) is 0 Å². The number of nitrogens with one attached hydrogen (secondary N) is 1. The van der Waals surface area contributed by atoms with Crippen LogP contribution in [0.4, 0.5) is 17.1 Å². The molecule has 0 aliphatic carbocycles. The number of hydrogen-bond acceptors (Lipinski definition) is 6. The summed E-state index contributed by atoms with van der Waals surface area (Å²) in [6, 6.07) is 19.8. The van der Waals surface area contributed by atoms with Crippen LogP contribution in [0.1, 0.15) is 31.1 Å². The normalized spacial score (nSPS) is 12.6. The molecule has 1 aliphatic rings. The predicted octanol–water partition coefficient (Wildman–Crippen LogP) is 4.51. The number of benzene rings is 4. The van der Waals surface area contributed by atoms with Crippen LogP contribution in [0, 0.1) is 10.1 Å². The fraction of sp³-hybridized carbons (Fsp3) is 0. The average Bonchev–Trinajstić information content (AvgIpc) is 3.08. The Morgan fingerprint density at radius 2 is 1.56 bits per heavy atom. The Balaban J connectivity index is 1.44. The molecule has 4 aromatic rings. The van der Waals surface area contributed by atoms with Crippen LogP contribution in [-0.4, -0.2) is 27.8 Å². The van der Waals surface area contributed by atoms with Gasteiger partial charge in [-0.3, -0.25) is 24.5 Å². The van der Waals surface area contributed by atoms with Crippen molar-refractivity contribution in [1.29, 1.82) is 0 Å². The van der Waals surface area contributed by atoms with Crippen LogP contribution in [0.5, 0.6) is 5.75 Å². The lowest BCUT2D eigenvalue weighted by atomic mass is 10.0. The third-order valence-electron chi connectivity index (χ3n) is 5.55. The SMILES string of the molecule is O=C(Nc1ccc2c(c1)C(=O)N(c1cccc([N+](=O)[O-])c1)C2=O)c1cc2ccccc2cc1O. The Hall–Kier alpha value is -5.05. The van der Waals surface area contributed by atoms with Gasteiger partial charge in [0.1, 0.15) is 5.75 Å². The van der Waals surface area contributed by atoms with E-state index in [2.05, 4.69) is 5.32 Å². The van der Waals surface area contributed by atoms with Gasteiger partial charge in [-0.2, -0.15) is 0 Å². The van der Waals surface area contributed by atoms with E-state index in [1.54, 1.807) is 6.07 Å². The van der Waals surface area contributed by atoms with Crippen molar-refractivity contribution in [2.45, 2.75) is 0 Å². The van der Waals surface area contributed by atoms with Crippen molar-refractivity contribution in [3.63, 3.8) is 0 Å². The van der Waals surface area contributed by atoms with Crippen molar-refractivity contribution in [2.75, 3.05) is 10.2 Å². The molecule has 34 heavy (non-hydrogen) atoms. The van der Waals surface area contributed by atoms with Crippen molar-refractivity contribution >= 4 is 45.6 Å². The number of nitrogens with zero attached hydrogens (tertiary/aromatic N) is 2. The van der Waals surface area contributed by atoms with Gasteiger partial charge < -0.3 is 10.4 Å².